The number of nitrogens with zero attached hydrogens (tertiary/aromatic N) is 1. The SMILES string of the molecule is O=C(O)CCC1CCN(C(=O)C2CCCCS2)CC1. The van der Waals surface area contributed by atoms with Crippen molar-refractivity contribution in [3.63, 3.8) is 0 Å². The molecule has 5 heteroatoms. The standard InChI is InChI=1S/C14H23NO3S/c16-13(17)5-4-11-6-8-15(9-7-11)14(18)12-3-1-2-10-19-12/h11-12H,1-10H2,(H,16,17). The number of piperidine rings is 1. The average molecular weight is 285 g/mol. The van der Waals surface area contributed by atoms with E-state index in [4.69, 9.17) is 5.11 Å². The Morgan fingerprint density at radius 1 is 1.16 bits per heavy atom. The highest BCUT2D eigenvalue weighted by Crippen LogP contribution is 2.29. The van der Waals surface area contributed by atoms with Gasteiger partial charge in [-0.15, -0.1) is 11.8 Å². The van der Waals surface area contributed by atoms with E-state index in [1.807, 2.05) is 16.7 Å². The Kier molecular flexibility index (Phi) is 5.55. The molecule has 2 fully saturated rings. The molecule has 2 heterocycles. The van der Waals surface area contributed by atoms with Crippen molar-refractivity contribution in [3.05, 3.63) is 0 Å². The third-order valence-electron chi connectivity index (χ3n) is 4.15. The van der Waals surface area contributed by atoms with Crippen LogP contribution in [0.25, 0.3) is 0 Å². The number of carbonyl (C=O) groups is 2. The molecule has 2 saturated heterocycles. The van der Waals surface area contributed by atoms with Crippen LogP contribution >= 0.6 is 11.8 Å². The van der Waals surface area contributed by atoms with Crippen LogP contribution in [0.5, 0.6) is 0 Å². The molecular weight excluding hydrogens is 262 g/mol. The number of rotatable bonds is 4. The van der Waals surface area contributed by atoms with Crippen molar-refractivity contribution in [2.45, 2.75) is 50.2 Å². The van der Waals surface area contributed by atoms with Crippen LogP contribution in [-0.4, -0.2) is 46.0 Å². The fraction of sp³-hybridized carbons (Fsp3) is 0.857. The highest BCUT2D eigenvalue weighted by Gasteiger charge is 2.29. The molecule has 0 aliphatic carbocycles. The molecule has 0 aromatic heterocycles. The molecule has 0 aromatic rings. The number of thioether (sulfide) groups is 1. The van der Waals surface area contributed by atoms with Crippen LogP contribution in [0.1, 0.15) is 44.9 Å². The lowest BCUT2D eigenvalue weighted by molar-refractivity contribution is -0.138. The predicted octanol–water partition coefficient (Wildman–Crippen LogP) is 2.38. The van der Waals surface area contributed by atoms with Crippen LogP contribution in [0, 0.1) is 5.92 Å². The monoisotopic (exact) mass is 285 g/mol. The number of carbonyl (C=O) groups excluding carboxylic acids is 1. The molecule has 19 heavy (non-hydrogen) atoms. The minimum Gasteiger partial charge on any atom is -0.481 e. The number of aliphatic carboxylic acids is 1. The summed E-state index contributed by atoms with van der Waals surface area (Å²) in [6.07, 6.45) is 6.41. The van der Waals surface area contributed by atoms with Gasteiger partial charge in [0, 0.05) is 19.5 Å². The van der Waals surface area contributed by atoms with Crippen molar-refractivity contribution in [2.24, 2.45) is 5.92 Å². The Morgan fingerprint density at radius 2 is 1.89 bits per heavy atom. The van der Waals surface area contributed by atoms with E-state index in [1.165, 1.54) is 12.8 Å². The first kappa shape index (κ1) is 14.7. The second-order valence-electron chi connectivity index (χ2n) is 5.56. The topological polar surface area (TPSA) is 57.6 Å². The summed E-state index contributed by atoms with van der Waals surface area (Å²) in [7, 11) is 0. The lowest BCUT2D eigenvalue weighted by atomic mass is 9.92. The minimum atomic E-state index is -0.711. The van der Waals surface area contributed by atoms with Crippen LogP contribution in [0.2, 0.25) is 0 Å². The number of likely N-dealkylation sites (tertiary alicyclic amines) is 1. The molecule has 108 valence electrons. The smallest absolute Gasteiger partial charge is 0.303 e. The zero-order chi connectivity index (χ0) is 13.7. The number of hydrogen-bond donors (Lipinski definition) is 1. The van der Waals surface area contributed by atoms with Gasteiger partial charge in [0.2, 0.25) is 5.91 Å². The van der Waals surface area contributed by atoms with Crippen molar-refractivity contribution in [2.75, 3.05) is 18.8 Å². The molecule has 2 aliphatic rings. The highest BCUT2D eigenvalue weighted by molar-refractivity contribution is 8.00. The first-order valence-corrected chi connectivity index (χ1v) is 8.34. The first-order valence-electron chi connectivity index (χ1n) is 7.29. The van der Waals surface area contributed by atoms with E-state index in [-0.39, 0.29) is 11.7 Å². The lowest BCUT2D eigenvalue weighted by Gasteiger charge is -2.34. The predicted molar refractivity (Wildman–Crippen MR) is 76.3 cm³/mol. The molecule has 1 amide bonds. The number of amides is 1. The molecule has 1 unspecified atom stereocenters. The Labute approximate surface area is 118 Å². The van der Waals surface area contributed by atoms with Gasteiger partial charge in [-0.25, -0.2) is 0 Å². The zero-order valence-corrected chi connectivity index (χ0v) is 12.2. The molecule has 1 N–H and O–H groups in total. The van der Waals surface area contributed by atoms with Gasteiger partial charge in [-0.3, -0.25) is 9.59 Å². The molecule has 0 bridgehead atoms. The zero-order valence-electron chi connectivity index (χ0n) is 11.3. The van der Waals surface area contributed by atoms with Crippen molar-refractivity contribution >= 4 is 23.6 Å². The van der Waals surface area contributed by atoms with E-state index in [9.17, 15) is 9.59 Å². The second kappa shape index (κ2) is 7.17. The summed E-state index contributed by atoms with van der Waals surface area (Å²) in [6, 6.07) is 0. The average Bonchev–Trinajstić information content (AvgIpc) is 2.46. The maximum atomic E-state index is 12.3. The third kappa shape index (κ3) is 4.41. The molecule has 1 atom stereocenters. The Hall–Kier alpha value is -0.710. The van der Waals surface area contributed by atoms with E-state index in [1.54, 1.807) is 0 Å². The van der Waals surface area contributed by atoms with Crippen LogP contribution in [0.3, 0.4) is 0 Å². The van der Waals surface area contributed by atoms with Gasteiger partial charge in [-0.1, -0.05) is 6.42 Å². The summed E-state index contributed by atoms with van der Waals surface area (Å²) in [4.78, 5) is 24.9. The van der Waals surface area contributed by atoms with Crippen molar-refractivity contribution < 1.29 is 14.7 Å². The normalized spacial score (nSPS) is 25.3. The summed E-state index contributed by atoms with van der Waals surface area (Å²) in [5.41, 5.74) is 0. The van der Waals surface area contributed by atoms with Gasteiger partial charge in [0.25, 0.3) is 0 Å². The minimum absolute atomic E-state index is 0.185. The first-order chi connectivity index (χ1) is 9.16. The quantitative estimate of drug-likeness (QED) is 0.861. The summed E-state index contributed by atoms with van der Waals surface area (Å²) < 4.78 is 0. The fourth-order valence-corrected chi connectivity index (χ4v) is 4.19. The van der Waals surface area contributed by atoms with E-state index in [2.05, 4.69) is 0 Å². The van der Waals surface area contributed by atoms with Gasteiger partial charge in [-0.2, -0.15) is 0 Å². The maximum absolute atomic E-state index is 12.3. The Morgan fingerprint density at radius 3 is 2.47 bits per heavy atom. The number of hydrogen-bond acceptors (Lipinski definition) is 3. The van der Waals surface area contributed by atoms with E-state index in [0.29, 0.717) is 11.8 Å². The third-order valence-corrected chi connectivity index (χ3v) is 5.51. The van der Waals surface area contributed by atoms with E-state index >= 15 is 0 Å². The van der Waals surface area contributed by atoms with Crippen LogP contribution in [0.15, 0.2) is 0 Å². The van der Waals surface area contributed by atoms with Gasteiger partial charge in [-0.05, 0) is 43.8 Å². The van der Waals surface area contributed by atoms with E-state index in [0.717, 1.165) is 44.5 Å². The van der Waals surface area contributed by atoms with Crippen LogP contribution in [-0.2, 0) is 9.59 Å². The van der Waals surface area contributed by atoms with Gasteiger partial charge in [0.15, 0.2) is 0 Å². The molecule has 0 radical (unpaired) electrons. The summed E-state index contributed by atoms with van der Waals surface area (Å²) in [5, 5.41) is 8.87. The molecule has 0 aromatic carbocycles. The Balaban J connectivity index is 1.72. The largest absolute Gasteiger partial charge is 0.481 e. The number of carboxylic acids is 1. The molecule has 0 spiro atoms. The van der Waals surface area contributed by atoms with Crippen molar-refractivity contribution in [1.82, 2.24) is 4.90 Å². The maximum Gasteiger partial charge on any atom is 0.303 e. The van der Waals surface area contributed by atoms with Crippen LogP contribution in [0.4, 0.5) is 0 Å². The Bertz CT molecular complexity index is 321. The number of carboxylic acid groups (broad SMARTS) is 1. The van der Waals surface area contributed by atoms with Crippen molar-refractivity contribution in [3.8, 4) is 0 Å². The molecule has 2 rings (SSSR count). The highest BCUT2D eigenvalue weighted by atomic mass is 32.2. The second-order valence-corrected chi connectivity index (χ2v) is 6.87. The van der Waals surface area contributed by atoms with Gasteiger partial charge in [0.1, 0.15) is 0 Å². The molecule has 4 nitrogen and oxygen atoms in total. The summed E-state index contributed by atoms with van der Waals surface area (Å²) in [6.45, 7) is 1.64. The summed E-state index contributed by atoms with van der Waals surface area (Å²) in [5.74, 6) is 1.21. The van der Waals surface area contributed by atoms with Crippen LogP contribution < -0.4 is 0 Å². The van der Waals surface area contributed by atoms with Crippen molar-refractivity contribution in [1.29, 1.82) is 0 Å². The molecule has 2 aliphatic heterocycles. The molecular formula is C14H23NO3S. The fourth-order valence-electron chi connectivity index (χ4n) is 2.91. The van der Waals surface area contributed by atoms with E-state index < -0.39 is 5.97 Å². The van der Waals surface area contributed by atoms with Gasteiger partial charge < -0.3 is 10.0 Å². The summed E-state index contributed by atoms with van der Waals surface area (Å²) >= 11 is 1.81. The van der Waals surface area contributed by atoms with Gasteiger partial charge >= 0.3 is 5.97 Å². The molecule has 0 saturated carbocycles. The lowest BCUT2D eigenvalue weighted by Crippen LogP contribution is -2.43. The van der Waals surface area contributed by atoms with Gasteiger partial charge in [0.05, 0.1) is 5.25 Å².